The summed E-state index contributed by atoms with van der Waals surface area (Å²) in [5.41, 5.74) is 0.308. The number of ether oxygens (including phenoxy) is 1. The zero-order chi connectivity index (χ0) is 13.7. The Morgan fingerprint density at radius 1 is 1.42 bits per heavy atom. The van der Waals surface area contributed by atoms with Crippen molar-refractivity contribution in [3.63, 3.8) is 0 Å². The van der Waals surface area contributed by atoms with Gasteiger partial charge in [0.1, 0.15) is 24.2 Å². The third kappa shape index (κ3) is 3.36. The molecule has 2 heterocycles. The summed E-state index contributed by atoms with van der Waals surface area (Å²) in [5.74, 6) is 0.309. The number of hydrogen-bond acceptors (Lipinski definition) is 5. The molecule has 0 saturated carbocycles. The molecule has 0 aromatic carbocycles. The first-order valence-electron chi connectivity index (χ1n) is 5.51. The Morgan fingerprint density at radius 2 is 2.16 bits per heavy atom. The van der Waals surface area contributed by atoms with Crippen molar-refractivity contribution in [1.82, 2.24) is 25.1 Å². The number of methoxy groups -OCH3 is 1. The van der Waals surface area contributed by atoms with Gasteiger partial charge in [-0.3, -0.25) is 9.36 Å². The van der Waals surface area contributed by atoms with E-state index in [1.165, 1.54) is 12.7 Å². The van der Waals surface area contributed by atoms with Crippen LogP contribution in [0, 0.1) is 0 Å². The van der Waals surface area contributed by atoms with Gasteiger partial charge in [0.2, 0.25) is 0 Å². The van der Waals surface area contributed by atoms with E-state index in [-0.39, 0.29) is 5.91 Å². The van der Waals surface area contributed by atoms with E-state index in [0.29, 0.717) is 29.1 Å². The highest BCUT2D eigenvalue weighted by Gasteiger charge is 2.13. The number of carbonyl (C=O) groups excluding carboxylic acids is 1. The molecule has 8 heteroatoms. The Bertz CT molecular complexity index is 558. The van der Waals surface area contributed by atoms with Crippen molar-refractivity contribution in [1.29, 1.82) is 0 Å². The summed E-state index contributed by atoms with van der Waals surface area (Å²) in [6, 6.07) is 3.52. The highest BCUT2D eigenvalue weighted by Crippen LogP contribution is 2.16. The van der Waals surface area contributed by atoms with E-state index >= 15 is 0 Å². The fourth-order valence-corrected chi connectivity index (χ4v) is 1.81. The van der Waals surface area contributed by atoms with Crippen LogP contribution in [0.15, 0.2) is 29.3 Å². The molecular weight excluding hydrogens is 314 g/mol. The second-order valence-electron chi connectivity index (χ2n) is 3.62. The van der Waals surface area contributed by atoms with Crippen molar-refractivity contribution in [2.24, 2.45) is 0 Å². The van der Waals surface area contributed by atoms with E-state index < -0.39 is 0 Å². The first kappa shape index (κ1) is 13.6. The van der Waals surface area contributed by atoms with Gasteiger partial charge in [-0.05, 0) is 28.1 Å². The van der Waals surface area contributed by atoms with Gasteiger partial charge in [-0.25, -0.2) is 4.98 Å². The van der Waals surface area contributed by atoms with Crippen LogP contribution in [0.4, 0.5) is 0 Å². The fourth-order valence-electron chi connectivity index (χ4n) is 1.40. The molecule has 1 amide bonds. The molecule has 0 radical (unpaired) electrons. The predicted octanol–water partition coefficient (Wildman–Crippen LogP) is 0.801. The first-order valence-corrected chi connectivity index (χ1v) is 6.30. The smallest absolute Gasteiger partial charge is 0.271 e. The fraction of sp³-hybridized carbons (Fsp3) is 0.273. The Hall–Kier alpha value is -1.80. The van der Waals surface area contributed by atoms with Crippen LogP contribution in [-0.2, 0) is 4.74 Å². The van der Waals surface area contributed by atoms with E-state index in [2.05, 4.69) is 36.4 Å². The number of hydrogen-bond donors (Lipinski definition) is 1. The largest absolute Gasteiger partial charge is 0.383 e. The van der Waals surface area contributed by atoms with Crippen molar-refractivity contribution < 1.29 is 9.53 Å². The lowest BCUT2D eigenvalue weighted by molar-refractivity contribution is 0.0931. The quantitative estimate of drug-likeness (QED) is 0.822. The maximum absolute atomic E-state index is 12.0. The van der Waals surface area contributed by atoms with Gasteiger partial charge in [-0.2, -0.15) is 0 Å². The van der Waals surface area contributed by atoms with Gasteiger partial charge in [0.15, 0.2) is 0 Å². The van der Waals surface area contributed by atoms with Crippen molar-refractivity contribution in [2.45, 2.75) is 0 Å². The van der Waals surface area contributed by atoms with E-state index in [1.54, 1.807) is 23.8 Å². The average Bonchev–Trinajstić information content (AvgIpc) is 2.93. The molecule has 100 valence electrons. The molecular formula is C11H12BrN5O2. The summed E-state index contributed by atoms with van der Waals surface area (Å²) in [7, 11) is 1.58. The van der Waals surface area contributed by atoms with Gasteiger partial charge in [0.05, 0.1) is 6.61 Å². The van der Waals surface area contributed by atoms with Gasteiger partial charge in [-0.15, -0.1) is 10.2 Å². The third-order valence-electron chi connectivity index (χ3n) is 2.32. The molecule has 0 aliphatic carbocycles. The molecule has 0 spiro atoms. The molecule has 0 aliphatic heterocycles. The highest BCUT2D eigenvalue weighted by molar-refractivity contribution is 9.10. The molecule has 0 saturated heterocycles. The minimum Gasteiger partial charge on any atom is -0.383 e. The number of aromatic nitrogens is 4. The van der Waals surface area contributed by atoms with Gasteiger partial charge >= 0.3 is 0 Å². The summed E-state index contributed by atoms with van der Waals surface area (Å²) in [6.45, 7) is 0.884. The topological polar surface area (TPSA) is 81.9 Å². The SMILES string of the molecule is COCCNC(=O)c1nc(-n2cnnc2)ccc1Br. The van der Waals surface area contributed by atoms with Crippen LogP contribution < -0.4 is 5.32 Å². The second-order valence-corrected chi connectivity index (χ2v) is 4.47. The van der Waals surface area contributed by atoms with Crippen LogP contribution in [-0.4, -0.2) is 45.9 Å². The van der Waals surface area contributed by atoms with Crippen LogP contribution >= 0.6 is 15.9 Å². The normalized spacial score (nSPS) is 10.4. The molecule has 0 atom stereocenters. The van der Waals surface area contributed by atoms with Crippen molar-refractivity contribution >= 4 is 21.8 Å². The molecule has 0 unspecified atom stereocenters. The minimum absolute atomic E-state index is 0.265. The number of rotatable bonds is 5. The Labute approximate surface area is 118 Å². The summed E-state index contributed by atoms with van der Waals surface area (Å²) >= 11 is 3.31. The number of carbonyl (C=O) groups is 1. The maximum Gasteiger partial charge on any atom is 0.271 e. The number of amides is 1. The van der Waals surface area contributed by atoms with Gasteiger partial charge in [-0.1, -0.05) is 0 Å². The number of halogens is 1. The number of nitrogens with zero attached hydrogens (tertiary/aromatic N) is 4. The highest BCUT2D eigenvalue weighted by atomic mass is 79.9. The molecule has 7 nitrogen and oxygen atoms in total. The van der Waals surface area contributed by atoms with E-state index in [0.717, 1.165) is 0 Å². The second kappa shape index (κ2) is 6.39. The molecule has 0 fully saturated rings. The minimum atomic E-state index is -0.265. The molecule has 2 rings (SSSR count). The summed E-state index contributed by atoms with van der Waals surface area (Å²) in [5, 5.41) is 10.1. The van der Waals surface area contributed by atoms with Crippen LogP contribution in [0.5, 0.6) is 0 Å². The van der Waals surface area contributed by atoms with Crippen LogP contribution in [0.1, 0.15) is 10.5 Å². The molecule has 2 aromatic heterocycles. The molecule has 0 bridgehead atoms. The molecule has 19 heavy (non-hydrogen) atoms. The van der Waals surface area contributed by atoms with Gasteiger partial charge < -0.3 is 10.1 Å². The summed E-state index contributed by atoms with van der Waals surface area (Å²) in [4.78, 5) is 16.2. The van der Waals surface area contributed by atoms with E-state index in [1.807, 2.05) is 0 Å². The maximum atomic E-state index is 12.0. The zero-order valence-corrected chi connectivity index (χ0v) is 11.8. The molecule has 0 aliphatic rings. The van der Waals surface area contributed by atoms with Crippen LogP contribution in [0.2, 0.25) is 0 Å². The van der Waals surface area contributed by atoms with Crippen LogP contribution in [0.25, 0.3) is 5.82 Å². The number of pyridine rings is 1. The zero-order valence-electron chi connectivity index (χ0n) is 10.2. The lowest BCUT2D eigenvalue weighted by Gasteiger charge is -2.07. The summed E-state index contributed by atoms with van der Waals surface area (Å²) < 4.78 is 7.12. The van der Waals surface area contributed by atoms with Crippen molar-refractivity contribution in [3.8, 4) is 5.82 Å². The van der Waals surface area contributed by atoms with E-state index in [9.17, 15) is 4.79 Å². The monoisotopic (exact) mass is 325 g/mol. The Kier molecular flexibility index (Phi) is 4.58. The molecule has 2 aromatic rings. The van der Waals surface area contributed by atoms with E-state index in [4.69, 9.17) is 4.74 Å². The standard InChI is InChI=1S/C11H12BrN5O2/c1-19-5-4-13-11(18)10-8(12)2-3-9(16-10)17-6-14-15-7-17/h2-3,6-7H,4-5H2,1H3,(H,13,18). The summed E-state index contributed by atoms with van der Waals surface area (Å²) in [6.07, 6.45) is 3.03. The van der Waals surface area contributed by atoms with Gasteiger partial charge in [0, 0.05) is 18.1 Å². The average molecular weight is 326 g/mol. The first-order chi connectivity index (χ1) is 9.22. The number of nitrogens with one attached hydrogen (secondary N) is 1. The van der Waals surface area contributed by atoms with Gasteiger partial charge in [0.25, 0.3) is 5.91 Å². The predicted molar refractivity (Wildman–Crippen MR) is 71.1 cm³/mol. The van der Waals surface area contributed by atoms with Crippen LogP contribution in [0.3, 0.4) is 0 Å². The lowest BCUT2D eigenvalue weighted by atomic mass is 10.3. The van der Waals surface area contributed by atoms with Crippen molar-refractivity contribution in [2.75, 3.05) is 20.3 Å². The van der Waals surface area contributed by atoms with Crippen molar-refractivity contribution in [3.05, 3.63) is 35.0 Å². The lowest BCUT2D eigenvalue weighted by Crippen LogP contribution is -2.28. The third-order valence-corrected chi connectivity index (χ3v) is 2.96. The Balaban J connectivity index is 2.20. The molecule has 1 N–H and O–H groups in total. The Morgan fingerprint density at radius 3 is 2.84 bits per heavy atom.